The van der Waals surface area contributed by atoms with Crippen molar-refractivity contribution in [2.75, 3.05) is 17.1 Å². The van der Waals surface area contributed by atoms with Crippen LogP contribution in [0.1, 0.15) is 29.5 Å². The van der Waals surface area contributed by atoms with Crippen LogP contribution in [0.4, 0.5) is 17.1 Å². The summed E-state index contributed by atoms with van der Waals surface area (Å²) in [6.07, 6.45) is 5.14. The lowest BCUT2D eigenvalue weighted by molar-refractivity contribution is -0.384. The third-order valence-corrected chi connectivity index (χ3v) is 7.81. The van der Waals surface area contributed by atoms with Crippen LogP contribution in [0, 0.1) is 16.0 Å². The molecule has 5 rings (SSSR count). The van der Waals surface area contributed by atoms with Crippen LogP contribution in [-0.2, 0) is 10.0 Å². The van der Waals surface area contributed by atoms with E-state index in [0.29, 0.717) is 0 Å². The minimum absolute atomic E-state index is 0.0223. The number of hydrogen-bond donors (Lipinski definition) is 2. The Kier molecular flexibility index (Phi) is 5.49. The van der Waals surface area contributed by atoms with Gasteiger partial charge in [-0.2, -0.15) is 0 Å². The van der Waals surface area contributed by atoms with Gasteiger partial charge in [-0.3, -0.25) is 14.8 Å². The van der Waals surface area contributed by atoms with Gasteiger partial charge in [0.25, 0.3) is 15.7 Å². The van der Waals surface area contributed by atoms with Gasteiger partial charge in [0.1, 0.15) is 5.75 Å². The summed E-state index contributed by atoms with van der Waals surface area (Å²) in [5, 5.41) is 14.6. The van der Waals surface area contributed by atoms with Crippen LogP contribution in [0.2, 0.25) is 0 Å². The Balaban J connectivity index is 1.48. The average Bonchev–Trinajstić information content (AvgIpc) is 3.33. The molecule has 0 radical (unpaired) electrons. The van der Waals surface area contributed by atoms with E-state index in [9.17, 15) is 18.5 Å². The van der Waals surface area contributed by atoms with Gasteiger partial charge in [0.15, 0.2) is 0 Å². The Morgan fingerprint density at radius 2 is 1.88 bits per heavy atom. The number of ether oxygens (including phenoxy) is 1. The molecule has 1 aliphatic carbocycles. The predicted molar refractivity (Wildman–Crippen MR) is 130 cm³/mol. The number of nitrogens with one attached hydrogen (secondary N) is 2. The molecule has 0 fully saturated rings. The van der Waals surface area contributed by atoms with Crippen molar-refractivity contribution in [2.24, 2.45) is 5.92 Å². The Bertz CT molecular complexity index is 1400. The van der Waals surface area contributed by atoms with Crippen molar-refractivity contribution in [1.29, 1.82) is 0 Å². The molecular formula is C25H23N3O5S. The van der Waals surface area contributed by atoms with Gasteiger partial charge in [0.05, 0.1) is 28.7 Å². The monoisotopic (exact) mass is 477 g/mol. The summed E-state index contributed by atoms with van der Waals surface area (Å²) in [6.45, 7) is 0. The number of methoxy groups -OCH3 is 1. The standard InChI is InChI=1S/C25H23N3O5S/c1-33-24-11-3-2-8-21(24)25-20-10-5-9-19(20)22-15-18(12-13-23(22)26-25)34(31,32)27-16-6-4-7-17(14-16)28(29)30/h2-9,11-15,19-20,25-27H,10H2,1H3/t19-,20+,25-/m0/s1. The third kappa shape index (κ3) is 3.88. The molecule has 2 N–H and O–H groups in total. The summed E-state index contributed by atoms with van der Waals surface area (Å²) in [7, 11) is -2.28. The second kappa shape index (κ2) is 8.49. The molecule has 0 bridgehead atoms. The van der Waals surface area contributed by atoms with Crippen LogP contribution in [0.3, 0.4) is 0 Å². The number of nitro benzene ring substituents is 1. The Hall–Kier alpha value is -3.85. The number of allylic oxidation sites excluding steroid dienone is 2. The van der Waals surface area contributed by atoms with Gasteiger partial charge < -0.3 is 10.1 Å². The molecule has 8 nitrogen and oxygen atoms in total. The van der Waals surface area contributed by atoms with Gasteiger partial charge in [0.2, 0.25) is 0 Å². The lowest BCUT2D eigenvalue weighted by Crippen LogP contribution is -2.29. The average molecular weight is 478 g/mol. The van der Waals surface area contributed by atoms with E-state index in [1.165, 1.54) is 24.3 Å². The maximum absolute atomic E-state index is 13.1. The minimum Gasteiger partial charge on any atom is -0.496 e. The van der Waals surface area contributed by atoms with Gasteiger partial charge in [-0.05, 0) is 48.2 Å². The third-order valence-electron chi connectivity index (χ3n) is 6.43. The molecule has 0 amide bonds. The number of para-hydroxylation sites is 1. The quantitative estimate of drug-likeness (QED) is 0.286. The number of benzene rings is 3. The molecule has 1 aliphatic heterocycles. The van der Waals surface area contributed by atoms with Crippen LogP contribution < -0.4 is 14.8 Å². The normalized spacial score (nSPS) is 20.7. The number of rotatable bonds is 6. The van der Waals surface area contributed by atoms with E-state index in [2.05, 4.69) is 28.3 Å². The lowest BCUT2D eigenvalue weighted by Gasteiger charge is -2.38. The maximum Gasteiger partial charge on any atom is 0.271 e. The van der Waals surface area contributed by atoms with Crippen molar-refractivity contribution in [3.8, 4) is 5.75 Å². The van der Waals surface area contributed by atoms with E-state index < -0.39 is 14.9 Å². The molecule has 0 saturated heterocycles. The lowest BCUT2D eigenvalue weighted by atomic mass is 9.77. The zero-order chi connectivity index (χ0) is 23.9. The van der Waals surface area contributed by atoms with Gasteiger partial charge in [-0.15, -0.1) is 0 Å². The molecule has 3 aromatic carbocycles. The molecule has 174 valence electrons. The first-order valence-corrected chi connectivity index (χ1v) is 12.3. The van der Waals surface area contributed by atoms with Crippen LogP contribution in [0.15, 0.2) is 83.8 Å². The molecule has 2 aliphatic rings. The van der Waals surface area contributed by atoms with Crippen molar-refractivity contribution in [3.63, 3.8) is 0 Å². The summed E-state index contributed by atoms with van der Waals surface area (Å²) in [4.78, 5) is 10.6. The van der Waals surface area contributed by atoms with Crippen LogP contribution in [-0.4, -0.2) is 20.5 Å². The van der Waals surface area contributed by atoms with E-state index in [0.717, 1.165) is 29.0 Å². The molecule has 34 heavy (non-hydrogen) atoms. The van der Waals surface area contributed by atoms with Gasteiger partial charge in [-0.1, -0.05) is 36.4 Å². The van der Waals surface area contributed by atoms with Crippen molar-refractivity contribution in [3.05, 3.63) is 100 Å². The maximum atomic E-state index is 13.1. The van der Waals surface area contributed by atoms with E-state index in [4.69, 9.17) is 4.74 Å². The molecule has 0 aromatic heterocycles. The Morgan fingerprint density at radius 3 is 2.68 bits per heavy atom. The summed E-state index contributed by atoms with van der Waals surface area (Å²) >= 11 is 0. The number of nitro groups is 1. The molecule has 0 spiro atoms. The summed E-state index contributed by atoms with van der Waals surface area (Å²) < 4.78 is 34.2. The highest BCUT2D eigenvalue weighted by Gasteiger charge is 2.39. The molecule has 0 saturated carbocycles. The predicted octanol–water partition coefficient (Wildman–Crippen LogP) is 5.23. The fourth-order valence-corrected chi connectivity index (χ4v) is 5.95. The number of hydrogen-bond acceptors (Lipinski definition) is 6. The fourth-order valence-electron chi connectivity index (χ4n) is 4.87. The summed E-state index contributed by atoms with van der Waals surface area (Å²) in [6, 6.07) is 18.4. The number of nitrogens with zero attached hydrogens (tertiary/aromatic N) is 1. The van der Waals surface area contributed by atoms with Crippen LogP contribution >= 0.6 is 0 Å². The first-order valence-electron chi connectivity index (χ1n) is 10.8. The molecular weight excluding hydrogens is 454 g/mol. The first kappa shape index (κ1) is 22.0. The zero-order valence-corrected chi connectivity index (χ0v) is 19.2. The van der Waals surface area contributed by atoms with Gasteiger partial charge >= 0.3 is 0 Å². The number of non-ortho nitro benzene ring substituents is 1. The largest absolute Gasteiger partial charge is 0.496 e. The molecule has 0 unspecified atom stereocenters. The molecule has 9 heteroatoms. The van der Waals surface area contributed by atoms with E-state index in [1.807, 2.05) is 18.2 Å². The van der Waals surface area contributed by atoms with Crippen molar-refractivity contribution >= 4 is 27.1 Å². The highest BCUT2D eigenvalue weighted by molar-refractivity contribution is 7.92. The Morgan fingerprint density at radius 1 is 1.06 bits per heavy atom. The zero-order valence-electron chi connectivity index (χ0n) is 18.3. The minimum atomic E-state index is -3.94. The van der Waals surface area contributed by atoms with E-state index in [1.54, 1.807) is 25.3 Å². The second-order valence-electron chi connectivity index (χ2n) is 8.38. The van der Waals surface area contributed by atoms with Crippen molar-refractivity contribution in [2.45, 2.75) is 23.3 Å². The van der Waals surface area contributed by atoms with Crippen LogP contribution in [0.5, 0.6) is 5.75 Å². The molecule has 1 heterocycles. The van der Waals surface area contributed by atoms with E-state index in [-0.39, 0.29) is 34.1 Å². The number of anilines is 2. The summed E-state index contributed by atoms with van der Waals surface area (Å²) in [5.41, 5.74) is 2.80. The second-order valence-corrected chi connectivity index (χ2v) is 10.1. The molecule has 3 aromatic rings. The van der Waals surface area contributed by atoms with Crippen LogP contribution in [0.25, 0.3) is 0 Å². The van der Waals surface area contributed by atoms with Crippen molar-refractivity contribution in [1.82, 2.24) is 0 Å². The SMILES string of the molecule is COc1ccccc1[C@H]1Nc2ccc(S(=O)(=O)Nc3cccc([N+](=O)[O-])c3)cc2[C@H]2C=CC[C@H]21. The highest BCUT2D eigenvalue weighted by atomic mass is 32.2. The fraction of sp³-hybridized carbons (Fsp3) is 0.200. The summed E-state index contributed by atoms with van der Waals surface area (Å²) in [5.74, 6) is 1.08. The van der Waals surface area contributed by atoms with Gasteiger partial charge in [-0.25, -0.2) is 8.42 Å². The smallest absolute Gasteiger partial charge is 0.271 e. The highest BCUT2D eigenvalue weighted by Crippen LogP contribution is 2.51. The van der Waals surface area contributed by atoms with Crippen molar-refractivity contribution < 1.29 is 18.1 Å². The number of fused-ring (bicyclic) bond motifs is 3. The Labute approximate surface area is 197 Å². The topological polar surface area (TPSA) is 111 Å². The van der Waals surface area contributed by atoms with Gasteiger partial charge in [0, 0.05) is 29.3 Å². The first-order chi connectivity index (χ1) is 16.4. The number of sulfonamides is 1. The molecule has 3 atom stereocenters. The van der Waals surface area contributed by atoms with E-state index >= 15 is 0 Å².